The Kier molecular flexibility index (Phi) is 6.45. The van der Waals surface area contributed by atoms with Crippen LogP contribution in [0.3, 0.4) is 0 Å². The van der Waals surface area contributed by atoms with Crippen molar-refractivity contribution in [2.75, 3.05) is 18.4 Å². The van der Waals surface area contributed by atoms with E-state index in [4.69, 9.17) is 4.74 Å². The highest BCUT2D eigenvalue weighted by atomic mass is 32.2. The number of amides is 1. The number of morpholine rings is 1. The summed E-state index contributed by atoms with van der Waals surface area (Å²) >= 11 is 0. The predicted octanol–water partition coefficient (Wildman–Crippen LogP) is 3.74. The van der Waals surface area contributed by atoms with E-state index < -0.39 is 15.9 Å². The molecular formula is C23H30N2O5S. The lowest BCUT2D eigenvalue weighted by Gasteiger charge is -2.34. The quantitative estimate of drug-likeness (QED) is 0.698. The molecule has 0 spiro atoms. The van der Waals surface area contributed by atoms with Crippen LogP contribution in [0, 0.1) is 0 Å². The van der Waals surface area contributed by atoms with E-state index >= 15 is 0 Å². The van der Waals surface area contributed by atoms with Crippen molar-refractivity contribution in [1.82, 2.24) is 4.31 Å². The maximum atomic E-state index is 13.0. The number of carbonyl (C=O) groups excluding carboxylic acids is 1. The Balaban J connectivity index is 1.78. The molecule has 0 radical (unpaired) electrons. The first-order valence-corrected chi connectivity index (χ1v) is 11.7. The number of benzene rings is 2. The molecule has 2 aromatic carbocycles. The number of aromatic hydroxyl groups is 1. The zero-order valence-electron chi connectivity index (χ0n) is 18.5. The number of rotatable bonds is 4. The SMILES string of the molecule is CC1CN(S(=O)(=O)c2ccc(C(=O)Nc3cc(C(C)(C)C)ccc3O)cc2)CC(C)O1. The number of hydrogen-bond donors (Lipinski definition) is 2. The van der Waals surface area contributed by atoms with Gasteiger partial charge in [-0.2, -0.15) is 4.31 Å². The van der Waals surface area contributed by atoms with Gasteiger partial charge < -0.3 is 15.2 Å². The molecule has 2 atom stereocenters. The van der Waals surface area contributed by atoms with Crippen molar-refractivity contribution in [3.8, 4) is 5.75 Å². The highest BCUT2D eigenvalue weighted by Crippen LogP contribution is 2.31. The van der Waals surface area contributed by atoms with Crippen LogP contribution in [0.5, 0.6) is 5.75 Å². The Morgan fingerprint density at radius 3 is 2.19 bits per heavy atom. The molecule has 0 bridgehead atoms. The first-order valence-electron chi connectivity index (χ1n) is 10.3. The van der Waals surface area contributed by atoms with Gasteiger partial charge in [-0.25, -0.2) is 8.42 Å². The van der Waals surface area contributed by atoms with E-state index in [9.17, 15) is 18.3 Å². The van der Waals surface area contributed by atoms with Crippen molar-refractivity contribution >= 4 is 21.6 Å². The molecule has 3 rings (SSSR count). The number of phenols is 1. The number of anilines is 1. The molecule has 2 aromatic rings. The average molecular weight is 447 g/mol. The molecule has 8 heteroatoms. The number of nitrogens with zero attached hydrogens (tertiary/aromatic N) is 1. The van der Waals surface area contributed by atoms with Crippen LogP contribution in [-0.2, 0) is 20.2 Å². The Morgan fingerprint density at radius 2 is 1.65 bits per heavy atom. The van der Waals surface area contributed by atoms with Crippen molar-refractivity contribution in [2.24, 2.45) is 0 Å². The van der Waals surface area contributed by atoms with Gasteiger partial charge in [0.2, 0.25) is 10.0 Å². The maximum Gasteiger partial charge on any atom is 0.255 e. The first-order chi connectivity index (χ1) is 14.4. The number of carbonyl (C=O) groups is 1. The van der Waals surface area contributed by atoms with Crippen LogP contribution in [0.15, 0.2) is 47.4 Å². The molecule has 1 heterocycles. The third kappa shape index (κ3) is 5.26. The van der Waals surface area contributed by atoms with E-state index in [0.29, 0.717) is 11.3 Å². The van der Waals surface area contributed by atoms with E-state index in [1.165, 1.54) is 28.6 Å². The third-order valence-corrected chi connectivity index (χ3v) is 7.10. The van der Waals surface area contributed by atoms with Gasteiger partial charge in [0.05, 0.1) is 22.8 Å². The number of sulfonamides is 1. The van der Waals surface area contributed by atoms with Crippen molar-refractivity contribution < 1.29 is 23.1 Å². The summed E-state index contributed by atoms with van der Waals surface area (Å²) in [6, 6.07) is 10.9. The minimum absolute atomic E-state index is 0.0314. The molecule has 1 aliphatic rings. The molecule has 168 valence electrons. The van der Waals surface area contributed by atoms with Crippen molar-refractivity contribution in [3.05, 3.63) is 53.6 Å². The second-order valence-corrected chi connectivity index (χ2v) is 11.0. The van der Waals surface area contributed by atoms with Crippen LogP contribution in [0.1, 0.15) is 50.5 Å². The van der Waals surface area contributed by atoms with E-state index in [1.54, 1.807) is 12.1 Å². The minimum Gasteiger partial charge on any atom is -0.506 e. The van der Waals surface area contributed by atoms with Gasteiger partial charge in [-0.15, -0.1) is 0 Å². The fourth-order valence-corrected chi connectivity index (χ4v) is 5.14. The molecule has 1 fully saturated rings. The maximum absolute atomic E-state index is 13.0. The van der Waals surface area contributed by atoms with E-state index in [-0.39, 0.29) is 41.4 Å². The lowest BCUT2D eigenvalue weighted by Crippen LogP contribution is -2.48. The van der Waals surface area contributed by atoms with Gasteiger partial charge in [0, 0.05) is 18.7 Å². The molecule has 1 aliphatic heterocycles. The number of hydrogen-bond acceptors (Lipinski definition) is 5. The molecule has 1 amide bonds. The first kappa shape index (κ1) is 23.2. The number of phenolic OH excluding ortho intramolecular Hbond substituents is 1. The molecule has 2 unspecified atom stereocenters. The summed E-state index contributed by atoms with van der Waals surface area (Å²) in [4.78, 5) is 12.8. The van der Waals surface area contributed by atoms with Crippen LogP contribution in [0.4, 0.5) is 5.69 Å². The monoisotopic (exact) mass is 446 g/mol. The highest BCUT2D eigenvalue weighted by Gasteiger charge is 2.32. The molecule has 31 heavy (non-hydrogen) atoms. The van der Waals surface area contributed by atoms with Crippen molar-refractivity contribution in [1.29, 1.82) is 0 Å². The minimum atomic E-state index is -3.68. The fourth-order valence-electron chi connectivity index (χ4n) is 3.55. The van der Waals surface area contributed by atoms with Crippen LogP contribution >= 0.6 is 0 Å². The summed E-state index contributed by atoms with van der Waals surface area (Å²) in [6.07, 6.45) is -0.361. The molecule has 7 nitrogen and oxygen atoms in total. The number of ether oxygens (including phenoxy) is 1. The summed E-state index contributed by atoms with van der Waals surface area (Å²) in [7, 11) is -3.68. The van der Waals surface area contributed by atoms with Gasteiger partial charge in [-0.05, 0) is 61.2 Å². The lowest BCUT2D eigenvalue weighted by molar-refractivity contribution is -0.0440. The molecule has 0 aliphatic carbocycles. The van der Waals surface area contributed by atoms with Crippen LogP contribution < -0.4 is 5.32 Å². The van der Waals surface area contributed by atoms with Crippen LogP contribution in [-0.4, -0.2) is 49.0 Å². The summed E-state index contributed by atoms with van der Waals surface area (Å²) in [6.45, 7) is 10.4. The Bertz CT molecular complexity index is 1050. The van der Waals surface area contributed by atoms with Gasteiger partial charge in [0.25, 0.3) is 5.91 Å². The molecule has 1 saturated heterocycles. The second kappa shape index (κ2) is 8.61. The predicted molar refractivity (Wildman–Crippen MR) is 120 cm³/mol. The fraction of sp³-hybridized carbons (Fsp3) is 0.435. The zero-order chi connectivity index (χ0) is 23.0. The third-order valence-electron chi connectivity index (χ3n) is 5.25. The average Bonchev–Trinajstić information content (AvgIpc) is 2.68. The molecular weight excluding hydrogens is 416 g/mol. The smallest absolute Gasteiger partial charge is 0.255 e. The van der Waals surface area contributed by atoms with Gasteiger partial charge in [0.15, 0.2) is 0 Å². The second-order valence-electron chi connectivity index (χ2n) is 9.04. The van der Waals surface area contributed by atoms with Crippen LogP contribution in [0.25, 0.3) is 0 Å². The normalized spacial score (nSPS) is 20.4. The van der Waals surface area contributed by atoms with Crippen molar-refractivity contribution in [3.63, 3.8) is 0 Å². The highest BCUT2D eigenvalue weighted by molar-refractivity contribution is 7.89. The Hall–Kier alpha value is -2.42. The van der Waals surface area contributed by atoms with Gasteiger partial charge in [0.1, 0.15) is 5.75 Å². The molecule has 0 saturated carbocycles. The van der Waals surface area contributed by atoms with Gasteiger partial charge in [-0.3, -0.25) is 4.79 Å². The Morgan fingerprint density at radius 1 is 1.06 bits per heavy atom. The van der Waals surface area contributed by atoms with Gasteiger partial charge >= 0.3 is 0 Å². The topological polar surface area (TPSA) is 95.9 Å². The lowest BCUT2D eigenvalue weighted by atomic mass is 9.87. The van der Waals surface area contributed by atoms with E-state index in [2.05, 4.69) is 5.32 Å². The van der Waals surface area contributed by atoms with Crippen molar-refractivity contribution in [2.45, 2.75) is 57.1 Å². The van der Waals surface area contributed by atoms with E-state index in [0.717, 1.165) is 5.56 Å². The van der Waals surface area contributed by atoms with E-state index in [1.807, 2.05) is 40.7 Å². The summed E-state index contributed by atoms with van der Waals surface area (Å²) in [5.41, 5.74) is 1.43. The molecule has 2 N–H and O–H groups in total. The van der Waals surface area contributed by atoms with Crippen LogP contribution in [0.2, 0.25) is 0 Å². The number of nitrogens with one attached hydrogen (secondary N) is 1. The molecule has 0 aromatic heterocycles. The summed E-state index contributed by atoms with van der Waals surface area (Å²) in [5.74, 6) is -0.463. The largest absolute Gasteiger partial charge is 0.506 e. The Labute approximate surface area is 184 Å². The standard InChI is InChI=1S/C23H30N2O5S/c1-15-13-25(14-16(2)30-15)31(28,29)19-9-6-17(7-10-19)22(27)24-20-12-18(23(3,4)5)8-11-21(20)26/h6-12,15-16,26H,13-14H2,1-5H3,(H,24,27). The summed E-state index contributed by atoms with van der Waals surface area (Å²) < 4.78 is 33.0. The zero-order valence-corrected chi connectivity index (χ0v) is 19.4. The van der Waals surface area contributed by atoms with Gasteiger partial charge in [-0.1, -0.05) is 26.8 Å². The summed E-state index contributed by atoms with van der Waals surface area (Å²) in [5, 5.41) is 12.8.